The predicted octanol–water partition coefficient (Wildman–Crippen LogP) is 0.814. The molecule has 0 aromatic heterocycles. The number of Topliss-reactive ketones (excluding diaryl/α,β-unsaturated/α-hetero) is 2. The second-order valence-corrected chi connectivity index (χ2v) is 4.01. The van der Waals surface area contributed by atoms with Gasteiger partial charge in [0.15, 0.2) is 0 Å². The number of hydrogen-bond acceptors (Lipinski definition) is 6. The summed E-state index contributed by atoms with van der Waals surface area (Å²) in [5, 5.41) is 29.5. The van der Waals surface area contributed by atoms with Crippen LogP contribution in [0.15, 0.2) is 29.3 Å². The molecule has 2 rings (SSSR count). The molecule has 0 spiro atoms. The van der Waals surface area contributed by atoms with Gasteiger partial charge in [0.05, 0.1) is 12.2 Å². The molecule has 0 atom stereocenters. The molecule has 0 heterocycles. The number of carbonyl (C=O) groups excluding carboxylic acids is 2. The van der Waals surface area contributed by atoms with E-state index in [1.807, 2.05) is 0 Å². The molecular weight excluding hydrogens is 258 g/mol. The van der Waals surface area contributed by atoms with E-state index in [1.165, 1.54) is 6.07 Å². The van der Waals surface area contributed by atoms with Gasteiger partial charge in [-0.05, 0) is 6.07 Å². The van der Waals surface area contributed by atoms with Crippen LogP contribution in [-0.2, 0) is 0 Å². The maximum absolute atomic E-state index is 12.3. The highest BCUT2D eigenvalue weighted by atomic mass is 16.3. The van der Waals surface area contributed by atoms with E-state index in [1.54, 1.807) is 24.3 Å². The number of fused-ring (bicyclic) bond motifs is 1. The van der Waals surface area contributed by atoms with Crippen LogP contribution in [0.3, 0.4) is 0 Å². The SMILES string of the molecule is N#CC1=C(C#N)C(=O)c2c(NCCO)cccc2C1=O. The van der Waals surface area contributed by atoms with Crippen LogP contribution in [-0.4, -0.2) is 29.8 Å². The van der Waals surface area contributed by atoms with Crippen molar-refractivity contribution in [2.24, 2.45) is 0 Å². The van der Waals surface area contributed by atoms with Crippen LogP contribution >= 0.6 is 0 Å². The molecule has 0 saturated heterocycles. The van der Waals surface area contributed by atoms with Crippen LogP contribution in [0.25, 0.3) is 0 Å². The normalized spacial score (nSPS) is 13.6. The number of nitrogens with one attached hydrogen (secondary N) is 1. The van der Waals surface area contributed by atoms with Gasteiger partial charge in [-0.25, -0.2) is 0 Å². The minimum absolute atomic E-state index is 0.0708. The van der Waals surface area contributed by atoms with E-state index in [-0.39, 0.29) is 24.3 Å². The molecule has 1 aliphatic rings. The van der Waals surface area contributed by atoms with E-state index in [0.717, 1.165) is 0 Å². The van der Waals surface area contributed by atoms with Crippen LogP contribution in [0.4, 0.5) is 5.69 Å². The van der Waals surface area contributed by atoms with Crippen molar-refractivity contribution in [1.82, 2.24) is 0 Å². The Morgan fingerprint density at radius 1 is 1.10 bits per heavy atom. The van der Waals surface area contributed by atoms with Crippen molar-refractivity contribution in [3.63, 3.8) is 0 Å². The summed E-state index contributed by atoms with van der Waals surface area (Å²) in [5.74, 6) is -1.29. The first-order valence-corrected chi connectivity index (χ1v) is 5.77. The fraction of sp³-hybridized carbons (Fsp3) is 0.143. The van der Waals surface area contributed by atoms with Crippen molar-refractivity contribution in [2.45, 2.75) is 0 Å². The molecule has 0 radical (unpaired) electrons. The highest BCUT2D eigenvalue weighted by Gasteiger charge is 2.34. The van der Waals surface area contributed by atoms with Gasteiger partial charge in [-0.15, -0.1) is 0 Å². The molecule has 1 aromatic carbocycles. The summed E-state index contributed by atoms with van der Waals surface area (Å²) < 4.78 is 0. The zero-order chi connectivity index (χ0) is 14.7. The zero-order valence-electron chi connectivity index (χ0n) is 10.3. The number of benzene rings is 1. The van der Waals surface area contributed by atoms with Gasteiger partial charge >= 0.3 is 0 Å². The third kappa shape index (κ3) is 1.95. The van der Waals surface area contributed by atoms with E-state index in [0.29, 0.717) is 5.69 Å². The van der Waals surface area contributed by atoms with Crippen molar-refractivity contribution in [2.75, 3.05) is 18.5 Å². The lowest BCUT2D eigenvalue weighted by Crippen LogP contribution is -2.23. The molecule has 1 aliphatic carbocycles. The first kappa shape index (κ1) is 13.5. The summed E-state index contributed by atoms with van der Waals surface area (Å²) in [6, 6.07) is 7.81. The highest BCUT2D eigenvalue weighted by Crippen LogP contribution is 2.30. The van der Waals surface area contributed by atoms with Gasteiger partial charge in [0.25, 0.3) is 0 Å². The van der Waals surface area contributed by atoms with Gasteiger partial charge in [-0.3, -0.25) is 9.59 Å². The Labute approximate surface area is 114 Å². The number of aliphatic hydroxyl groups excluding tert-OH is 1. The lowest BCUT2D eigenvalue weighted by atomic mass is 9.84. The van der Waals surface area contributed by atoms with Crippen LogP contribution in [0.1, 0.15) is 20.7 Å². The molecule has 1 aromatic rings. The van der Waals surface area contributed by atoms with E-state index in [2.05, 4.69) is 5.32 Å². The Morgan fingerprint density at radius 3 is 2.35 bits per heavy atom. The van der Waals surface area contributed by atoms with Gasteiger partial charge in [0.2, 0.25) is 11.6 Å². The van der Waals surface area contributed by atoms with Crippen molar-refractivity contribution < 1.29 is 14.7 Å². The monoisotopic (exact) mass is 267 g/mol. The number of hydrogen-bond donors (Lipinski definition) is 2. The second kappa shape index (κ2) is 5.35. The number of allylic oxidation sites excluding steroid dienone is 2. The number of aliphatic hydroxyl groups is 1. The van der Waals surface area contributed by atoms with Gasteiger partial charge in [-0.2, -0.15) is 10.5 Å². The smallest absolute Gasteiger partial charge is 0.207 e. The second-order valence-electron chi connectivity index (χ2n) is 4.01. The Morgan fingerprint density at radius 2 is 1.75 bits per heavy atom. The molecule has 0 aliphatic heterocycles. The first-order valence-electron chi connectivity index (χ1n) is 5.77. The summed E-state index contributed by atoms with van der Waals surface area (Å²) in [6.07, 6.45) is 0. The fourth-order valence-electron chi connectivity index (χ4n) is 2.02. The summed E-state index contributed by atoms with van der Waals surface area (Å²) in [4.78, 5) is 24.4. The van der Waals surface area contributed by atoms with Crippen LogP contribution < -0.4 is 5.32 Å². The quantitative estimate of drug-likeness (QED) is 0.837. The Balaban J connectivity index is 2.65. The zero-order valence-corrected chi connectivity index (χ0v) is 10.3. The summed E-state index contributed by atoms with van der Waals surface area (Å²) >= 11 is 0. The maximum atomic E-state index is 12.3. The largest absolute Gasteiger partial charge is 0.395 e. The number of ketones is 2. The predicted molar refractivity (Wildman–Crippen MR) is 68.9 cm³/mol. The lowest BCUT2D eigenvalue weighted by Gasteiger charge is -2.17. The summed E-state index contributed by atoms with van der Waals surface area (Å²) in [6.45, 7) is 0.0603. The summed E-state index contributed by atoms with van der Waals surface area (Å²) in [5.41, 5.74) is -0.345. The average molecular weight is 267 g/mol. The van der Waals surface area contributed by atoms with E-state index < -0.39 is 22.7 Å². The van der Waals surface area contributed by atoms with E-state index >= 15 is 0 Å². The molecular formula is C14H9N3O3. The first-order chi connectivity index (χ1) is 9.65. The molecule has 6 nitrogen and oxygen atoms in total. The molecule has 98 valence electrons. The molecule has 0 unspecified atom stereocenters. The van der Waals surface area contributed by atoms with Crippen LogP contribution in [0.5, 0.6) is 0 Å². The van der Waals surface area contributed by atoms with Crippen molar-refractivity contribution in [3.05, 3.63) is 40.5 Å². The number of carbonyl (C=O) groups is 2. The molecule has 6 heteroatoms. The van der Waals surface area contributed by atoms with Gasteiger partial charge < -0.3 is 10.4 Å². The minimum Gasteiger partial charge on any atom is -0.395 e. The molecule has 2 N–H and O–H groups in total. The number of nitriles is 2. The highest BCUT2D eigenvalue weighted by molar-refractivity contribution is 6.31. The number of nitrogens with zero attached hydrogens (tertiary/aromatic N) is 2. The Kier molecular flexibility index (Phi) is 3.60. The average Bonchev–Trinajstić information content (AvgIpc) is 2.47. The minimum atomic E-state index is -0.653. The summed E-state index contributed by atoms with van der Waals surface area (Å²) in [7, 11) is 0. The van der Waals surface area contributed by atoms with Crippen molar-refractivity contribution in [1.29, 1.82) is 10.5 Å². The maximum Gasteiger partial charge on any atom is 0.207 e. The fourth-order valence-corrected chi connectivity index (χ4v) is 2.02. The van der Waals surface area contributed by atoms with Crippen LogP contribution in [0, 0.1) is 22.7 Å². The molecule has 20 heavy (non-hydrogen) atoms. The standard InChI is InChI=1S/C14H9N3O3/c15-6-9-10(7-16)14(20)12-8(13(9)19)2-1-3-11(12)17-4-5-18/h1-3,17-18H,4-5H2. The van der Waals surface area contributed by atoms with Crippen molar-refractivity contribution >= 4 is 17.3 Å². The molecule has 0 amide bonds. The van der Waals surface area contributed by atoms with E-state index in [9.17, 15) is 9.59 Å². The molecule has 0 fully saturated rings. The topological polar surface area (TPSA) is 114 Å². The molecule has 0 bridgehead atoms. The Bertz CT molecular complexity index is 720. The Hall–Kier alpha value is -2.96. The van der Waals surface area contributed by atoms with E-state index in [4.69, 9.17) is 15.6 Å². The molecule has 0 saturated carbocycles. The van der Waals surface area contributed by atoms with Gasteiger partial charge in [0, 0.05) is 17.8 Å². The van der Waals surface area contributed by atoms with Crippen molar-refractivity contribution in [3.8, 4) is 12.1 Å². The number of rotatable bonds is 3. The lowest BCUT2D eigenvalue weighted by molar-refractivity contribution is 0.0982. The third-order valence-electron chi connectivity index (χ3n) is 2.89. The number of anilines is 1. The third-order valence-corrected chi connectivity index (χ3v) is 2.89. The van der Waals surface area contributed by atoms with Gasteiger partial charge in [0.1, 0.15) is 23.3 Å². The van der Waals surface area contributed by atoms with Gasteiger partial charge in [-0.1, -0.05) is 12.1 Å². The van der Waals surface area contributed by atoms with Crippen LogP contribution in [0.2, 0.25) is 0 Å².